The lowest BCUT2D eigenvalue weighted by atomic mass is 10.0. The zero-order valence-corrected chi connectivity index (χ0v) is 15.9. The number of benzene rings is 1. The quantitative estimate of drug-likeness (QED) is 0.763. The molecule has 1 aromatic carbocycles. The summed E-state index contributed by atoms with van der Waals surface area (Å²) in [6.07, 6.45) is -1.63. The Hall–Kier alpha value is -3.30. The first-order chi connectivity index (χ1) is 13.5. The van der Waals surface area contributed by atoms with Gasteiger partial charge in [-0.1, -0.05) is 0 Å². The number of amides is 3. The molecule has 2 heterocycles. The second kappa shape index (κ2) is 7.26. The fourth-order valence-electron chi connectivity index (χ4n) is 3.08. The van der Waals surface area contributed by atoms with Gasteiger partial charge in [-0.25, -0.2) is 9.69 Å². The van der Waals surface area contributed by atoms with Crippen molar-refractivity contribution in [2.45, 2.75) is 32.3 Å². The van der Waals surface area contributed by atoms with Gasteiger partial charge in [0.25, 0.3) is 5.91 Å². The number of halogens is 3. The molecular formula is C19H19F3N4O3. The number of nitrogens with one attached hydrogen (secondary N) is 1. The Morgan fingerprint density at radius 1 is 1.14 bits per heavy atom. The number of aromatic nitrogens is 1. The van der Waals surface area contributed by atoms with E-state index >= 15 is 0 Å². The highest BCUT2D eigenvalue weighted by Gasteiger charge is 2.51. The van der Waals surface area contributed by atoms with E-state index in [0.717, 1.165) is 28.3 Å². The average molecular weight is 408 g/mol. The largest absolute Gasteiger partial charge is 0.573 e. The maximum absolute atomic E-state index is 13.0. The molecule has 2 aromatic rings. The third-order valence-electron chi connectivity index (χ3n) is 4.66. The number of carbonyl (C=O) groups excluding carboxylic acids is 2. The van der Waals surface area contributed by atoms with Crippen molar-refractivity contribution in [3.8, 4) is 5.75 Å². The molecule has 0 saturated carbocycles. The van der Waals surface area contributed by atoms with Crippen molar-refractivity contribution in [1.29, 1.82) is 0 Å². The van der Waals surface area contributed by atoms with Crippen molar-refractivity contribution in [3.05, 3.63) is 48.3 Å². The molecule has 1 aliphatic rings. The summed E-state index contributed by atoms with van der Waals surface area (Å²) >= 11 is 0. The van der Waals surface area contributed by atoms with Gasteiger partial charge in [0, 0.05) is 13.2 Å². The molecule has 0 radical (unpaired) electrons. The van der Waals surface area contributed by atoms with Crippen LogP contribution in [0.3, 0.4) is 0 Å². The van der Waals surface area contributed by atoms with Crippen LogP contribution in [0.4, 0.5) is 29.3 Å². The van der Waals surface area contributed by atoms with Gasteiger partial charge in [0.1, 0.15) is 11.3 Å². The van der Waals surface area contributed by atoms with Gasteiger partial charge in [0.2, 0.25) is 0 Å². The molecule has 0 aliphatic carbocycles. The van der Waals surface area contributed by atoms with Crippen LogP contribution >= 0.6 is 0 Å². The molecule has 0 bridgehead atoms. The molecule has 154 valence electrons. The minimum atomic E-state index is -4.82. The van der Waals surface area contributed by atoms with E-state index in [1.54, 1.807) is 39.4 Å². The molecule has 0 unspecified atom stereocenters. The number of ether oxygens (including phenoxy) is 1. The number of alkyl halides is 3. The lowest BCUT2D eigenvalue weighted by Gasteiger charge is -2.28. The van der Waals surface area contributed by atoms with E-state index in [4.69, 9.17) is 0 Å². The van der Waals surface area contributed by atoms with Crippen molar-refractivity contribution in [1.82, 2.24) is 9.88 Å². The molecule has 3 amide bonds. The summed E-state index contributed by atoms with van der Waals surface area (Å²) < 4.78 is 40.8. The summed E-state index contributed by atoms with van der Waals surface area (Å²) in [6, 6.07) is 5.76. The molecule has 29 heavy (non-hydrogen) atoms. The molecule has 10 heteroatoms. The van der Waals surface area contributed by atoms with E-state index < -0.39 is 29.6 Å². The van der Waals surface area contributed by atoms with Gasteiger partial charge < -0.3 is 15.0 Å². The van der Waals surface area contributed by atoms with Crippen LogP contribution in [0.15, 0.2) is 42.7 Å². The minimum absolute atomic E-state index is 0.155. The highest BCUT2D eigenvalue weighted by atomic mass is 19.4. The third-order valence-corrected chi connectivity index (χ3v) is 4.66. The number of hydrogen-bond donors (Lipinski definition) is 1. The van der Waals surface area contributed by atoms with E-state index in [1.807, 2.05) is 0 Å². The number of carbonyl (C=O) groups is 2. The SMILES string of the molecule is CNc1cnccc1CN1C(=O)N(c2ccc(OC(F)(F)F)cc2)C(=O)C1(C)C. The van der Waals surface area contributed by atoms with Gasteiger partial charge in [-0.05, 0) is 49.7 Å². The molecule has 3 rings (SSSR count). The molecule has 7 nitrogen and oxygen atoms in total. The van der Waals surface area contributed by atoms with Gasteiger partial charge in [-0.3, -0.25) is 9.78 Å². The van der Waals surface area contributed by atoms with Crippen LogP contribution in [0, 0.1) is 0 Å². The van der Waals surface area contributed by atoms with E-state index in [9.17, 15) is 22.8 Å². The fraction of sp³-hybridized carbons (Fsp3) is 0.316. The van der Waals surface area contributed by atoms with Gasteiger partial charge in [-0.2, -0.15) is 0 Å². The molecule has 1 aliphatic heterocycles. The zero-order chi connectivity index (χ0) is 21.4. The predicted octanol–water partition coefficient (Wildman–Crippen LogP) is 3.77. The van der Waals surface area contributed by atoms with Crippen LogP contribution < -0.4 is 15.0 Å². The minimum Gasteiger partial charge on any atom is -0.406 e. The van der Waals surface area contributed by atoms with Crippen LogP contribution in [-0.2, 0) is 11.3 Å². The molecule has 1 N–H and O–H groups in total. The first-order valence-electron chi connectivity index (χ1n) is 8.67. The molecule has 1 aromatic heterocycles. The zero-order valence-electron chi connectivity index (χ0n) is 15.9. The Morgan fingerprint density at radius 2 is 1.79 bits per heavy atom. The van der Waals surface area contributed by atoms with Gasteiger partial charge in [0.15, 0.2) is 0 Å². The number of anilines is 2. The first-order valence-corrected chi connectivity index (χ1v) is 8.67. The highest BCUT2D eigenvalue weighted by Crippen LogP contribution is 2.35. The number of pyridine rings is 1. The normalized spacial score (nSPS) is 16.3. The Morgan fingerprint density at radius 3 is 2.38 bits per heavy atom. The monoisotopic (exact) mass is 408 g/mol. The van der Waals surface area contributed by atoms with Crippen LogP contribution in [0.5, 0.6) is 5.75 Å². The van der Waals surface area contributed by atoms with Gasteiger partial charge in [-0.15, -0.1) is 13.2 Å². The highest BCUT2D eigenvalue weighted by molar-refractivity contribution is 6.22. The lowest BCUT2D eigenvalue weighted by Crippen LogP contribution is -2.43. The first kappa shape index (κ1) is 20.4. The summed E-state index contributed by atoms with van der Waals surface area (Å²) in [6.45, 7) is 3.39. The second-order valence-electron chi connectivity index (χ2n) is 6.89. The van der Waals surface area contributed by atoms with E-state index in [0.29, 0.717) is 0 Å². The summed E-state index contributed by atoms with van der Waals surface area (Å²) in [5.74, 6) is -0.918. The maximum Gasteiger partial charge on any atom is 0.573 e. The number of hydrogen-bond acceptors (Lipinski definition) is 5. The molecule has 0 spiro atoms. The average Bonchev–Trinajstić information content (AvgIpc) is 2.81. The van der Waals surface area contributed by atoms with Gasteiger partial charge >= 0.3 is 12.4 Å². The molecular weight excluding hydrogens is 389 g/mol. The fourth-order valence-corrected chi connectivity index (χ4v) is 3.08. The number of imide groups is 1. The molecule has 1 saturated heterocycles. The summed E-state index contributed by atoms with van der Waals surface area (Å²) in [5, 5.41) is 2.99. The third kappa shape index (κ3) is 3.96. The smallest absolute Gasteiger partial charge is 0.406 e. The summed E-state index contributed by atoms with van der Waals surface area (Å²) in [5.41, 5.74) is 0.504. The van der Waals surface area contributed by atoms with Crippen molar-refractivity contribution in [3.63, 3.8) is 0 Å². The molecule has 0 atom stereocenters. The van der Waals surface area contributed by atoms with Crippen LogP contribution in [0.25, 0.3) is 0 Å². The summed E-state index contributed by atoms with van der Waals surface area (Å²) in [4.78, 5) is 32.4. The van der Waals surface area contributed by atoms with Crippen LogP contribution in [0.2, 0.25) is 0 Å². The van der Waals surface area contributed by atoms with E-state index in [1.165, 1.54) is 17.0 Å². The lowest BCUT2D eigenvalue weighted by molar-refractivity contribution is -0.274. The van der Waals surface area contributed by atoms with Gasteiger partial charge in [0.05, 0.1) is 24.1 Å². The summed E-state index contributed by atoms with van der Waals surface area (Å²) in [7, 11) is 1.72. The molecule has 1 fully saturated rings. The van der Waals surface area contributed by atoms with Crippen molar-refractivity contribution < 1.29 is 27.5 Å². The van der Waals surface area contributed by atoms with Crippen LogP contribution in [0.1, 0.15) is 19.4 Å². The Bertz CT molecular complexity index is 929. The predicted molar refractivity (Wildman–Crippen MR) is 99.4 cm³/mol. The maximum atomic E-state index is 13.0. The Kier molecular flexibility index (Phi) is 5.12. The number of urea groups is 1. The second-order valence-corrected chi connectivity index (χ2v) is 6.89. The number of nitrogens with zero attached hydrogens (tertiary/aromatic N) is 3. The Balaban J connectivity index is 1.88. The topological polar surface area (TPSA) is 74.8 Å². The standard InChI is InChI=1S/C19H19F3N4O3/c1-18(2)16(27)26(13-4-6-14(7-5-13)29-19(20,21)22)17(28)25(18)11-12-8-9-24-10-15(12)23-3/h4-10,23H,11H2,1-3H3. The van der Waals surface area contributed by atoms with Crippen molar-refractivity contribution in [2.75, 3.05) is 17.3 Å². The van der Waals surface area contributed by atoms with Crippen LogP contribution in [-0.4, -0.2) is 40.8 Å². The van der Waals surface area contributed by atoms with Crippen molar-refractivity contribution in [2.24, 2.45) is 0 Å². The van der Waals surface area contributed by atoms with E-state index in [-0.39, 0.29) is 12.2 Å². The Labute approximate surface area is 165 Å². The van der Waals surface area contributed by atoms with Crippen molar-refractivity contribution >= 4 is 23.3 Å². The number of rotatable bonds is 5. The van der Waals surface area contributed by atoms with E-state index in [2.05, 4.69) is 15.0 Å².